The minimum Gasteiger partial charge on any atom is -0.480 e. The quantitative estimate of drug-likeness (QED) is 0.622. The van der Waals surface area contributed by atoms with Gasteiger partial charge in [0, 0.05) is 0 Å². The number of rotatable bonds is 6. The number of carbonyl (C=O) groups is 2. The summed E-state index contributed by atoms with van der Waals surface area (Å²) >= 11 is 0. The van der Waals surface area contributed by atoms with E-state index >= 15 is 0 Å². The molecule has 2 unspecified atom stereocenters. The molecular formula is C11H22N2O3. The van der Waals surface area contributed by atoms with E-state index in [1.807, 2.05) is 27.7 Å². The largest absolute Gasteiger partial charge is 0.480 e. The smallest absolute Gasteiger partial charge is 0.326 e. The van der Waals surface area contributed by atoms with Gasteiger partial charge < -0.3 is 16.2 Å². The molecule has 0 bridgehead atoms. The summed E-state index contributed by atoms with van der Waals surface area (Å²) in [7, 11) is 0. The minimum absolute atomic E-state index is 0.00602. The van der Waals surface area contributed by atoms with Crippen LogP contribution >= 0.6 is 0 Å². The van der Waals surface area contributed by atoms with Gasteiger partial charge in [-0.3, -0.25) is 4.79 Å². The fourth-order valence-corrected chi connectivity index (χ4v) is 1.26. The topological polar surface area (TPSA) is 92.4 Å². The molecular weight excluding hydrogens is 208 g/mol. The first-order valence-electron chi connectivity index (χ1n) is 5.54. The lowest BCUT2D eigenvalue weighted by Crippen LogP contribution is -2.50. The maximum Gasteiger partial charge on any atom is 0.326 e. The van der Waals surface area contributed by atoms with Crippen LogP contribution in [0.15, 0.2) is 0 Å². The highest BCUT2D eigenvalue weighted by Crippen LogP contribution is 2.06. The molecule has 16 heavy (non-hydrogen) atoms. The molecule has 94 valence electrons. The van der Waals surface area contributed by atoms with Gasteiger partial charge in [0.25, 0.3) is 0 Å². The molecule has 0 spiro atoms. The van der Waals surface area contributed by atoms with E-state index in [0.717, 1.165) is 0 Å². The number of carboxylic acid groups (broad SMARTS) is 1. The Morgan fingerprint density at radius 1 is 1.25 bits per heavy atom. The molecule has 0 aromatic carbocycles. The molecule has 1 amide bonds. The maximum absolute atomic E-state index is 11.6. The van der Waals surface area contributed by atoms with Gasteiger partial charge in [-0.2, -0.15) is 0 Å². The number of hydrogen-bond acceptors (Lipinski definition) is 3. The number of hydrogen-bond donors (Lipinski definition) is 3. The van der Waals surface area contributed by atoms with Gasteiger partial charge in [-0.05, 0) is 18.3 Å². The highest BCUT2D eigenvalue weighted by Gasteiger charge is 2.25. The molecule has 0 saturated carbocycles. The van der Waals surface area contributed by atoms with E-state index in [9.17, 15) is 9.59 Å². The number of carbonyl (C=O) groups excluding carboxylic acids is 1. The molecule has 0 rings (SSSR count). The van der Waals surface area contributed by atoms with Crippen LogP contribution in [0.3, 0.4) is 0 Å². The van der Waals surface area contributed by atoms with Crippen LogP contribution < -0.4 is 11.1 Å². The van der Waals surface area contributed by atoms with Crippen LogP contribution in [0.25, 0.3) is 0 Å². The summed E-state index contributed by atoms with van der Waals surface area (Å²) in [6.07, 6.45) is 0.409. The van der Waals surface area contributed by atoms with Crippen LogP contribution in [-0.2, 0) is 9.59 Å². The van der Waals surface area contributed by atoms with Gasteiger partial charge in [0.15, 0.2) is 0 Å². The van der Waals surface area contributed by atoms with E-state index in [2.05, 4.69) is 5.32 Å². The number of carboxylic acids is 1. The average molecular weight is 230 g/mol. The summed E-state index contributed by atoms with van der Waals surface area (Å²) in [4.78, 5) is 22.5. The average Bonchev–Trinajstić information content (AvgIpc) is 2.14. The SMILES string of the molecule is CC(C)CC(NC(=O)C(N)C(C)C)C(=O)O. The molecule has 2 atom stereocenters. The standard InChI is InChI=1S/C11H22N2O3/c1-6(2)5-8(11(15)16)13-10(14)9(12)7(3)4/h6-9H,5,12H2,1-4H3,(H,13,14)(H,15,16). The molecule has 0 heterocycles. The molecule has 0 aromatic heterocycles. The minimum atomic E-state index is -1.02. The predicted octanol–water partition coefficient (Wildman–Crippen LogP) is 0.585. The summed E-state index contributed by atoms with van der Waals surface area (Å²) < 4.78 is 0. The second-order valence-corrected chi connectivity index (χ2v) is 4.80. The summed E-state index contributed by atoms with van der Waals surface area (Å²) in [6, 6.07) is -1.51. The Balaban J connectivity index is 4.40. The Bertz CT molecular complexity index is 252. The molecule has 0 aliphatic carbocycles. The molecule has 0 aromatic rings. The van der Waals surface area contributed by atoms with Crippen LogP contribution in [-0.4, -0.2) is 29.1 Å². The van der Waals surface area contributed by atoms with Gasteiger partial charge in [0.05, 0.1) is 6.04 Å². The zero-order chi connectivity index (χ0) is 12.9. The monoisotopic (exact) mass is 230 g/mol. The first-order valence-corrected chi connectivity index (χ1v) is 5.54. The van der Waals surface area contributed by atoms with Gasteiger partial charge in [-0.15, -0.1) is 0 Å². The summed E-state index contributed by atoms with van der Waals surface area (Å²) in [5.41, 5.74) is 5.63. The number of nitrogens with two attached hydrogens (primary N) is 1. The lowest BCUT2D eigenvalue weighted by molar-refractivity contribution is -0.142. The van der Waals surface area contributed by atoms with Crippen molar-refractivity contribution in [1.82, 2.24) is 5.32 Å². The second kappa shape index (κ2) is 6.48. The van der Waals surface area contributed by atoms with E-state index in [1.165, 1.54) is 0 Å². The fraction of sp³-hybridized carbons (Fsp3) is 0.818. The van der Waals surface area contributed by atoms with Crippen LogP contribution in [0, 0.1) is 11.8 Å². The van der Waals surface area contributed by atoms with E-state index in [4.69, 9.17) is 10.8 Å². The third-order valence-corrected chi connectivity index (χ3v) is 2.34. The van der Waals surface area contributed by atoms with E-state index in [-0.39, 0.29) is 11.8 Å². The zero-order valence-electron chi connectivity index (χ0n) is 10.4. The Labute approximate surface area is 96.4 Å². The first kappa shape index (κ1) is 14.9. The lowest BCUT2D eigenvalue weighted by Gasteiger charge is -2.20. The Morgan fingerprint density at radius 3 is 2.06 bits per heavy atom. The number of amides is 1. The highest BCUT2D eigenvalue weighted by molar-refractivity contribution is 5.86. The van der Waals surface area contributed by atoms with Gasteiger partial charge in [-0.25, -0.2) is 4.79 Å². The van der Waals surface area contributed by atoms with Gasteiger partial charge in [-0.1, -0.05) is 27.7 Å². The van der Waals surface area contributed by atoms with Gasteiger partial charge >= 0.3 is 5.97 Å². The van der Waals surface area contributed by atoms with E-state index in [0.29, 0.717) is 6.42 Å². The fourth-order valence-electron chi connectivity index (χ4n) is 1.26. The van der Waals surface area contributed by atoms with Crippen molar-refractivity contribution in [2.45, 2.75) is 46.2 Å². The van der Waals surface area contributed by atoms with Crippen LogP contribution in [0.4, 0.5) is 0 Å². The molecule has 0 fully saturated rings. The Hall–Kier alpha value is -1.10. The molecule has 4 N–H and O–H groups in total. The molecule has 5 heteroatoms. The first-order chi connectivity index (χ1) is 7.25. The molecule has 0 aliphatic heterocycles. The van der Waals surface area contributed by atoms with Crippen molar-refractivity contribution >= 4 is 11.9 Å². The Morgan fingerprint density at radius 2 is 1.75 bits per heavy atom. The lowest BCUT2D eigenvalue weighted by atomic mass is 10.0. The third kappa shape index (κ3) is 5.11. The van der Waals surface area contributed by atoms with E-state index in [1.54, 1.807) is 0 Å². The predicted molar refractivity (Wildman–Crippen MR) is 61.8 cm³/mol. The summed E-state index contributed by atoms with van der Waals surface area (Å²) in [5, 5.41) is 11.4. The number of nitrogens with one attached hydrogen (secondary N) is 1. The van der Waals surface area contributed by atoms with Crippen molar-refractivity contribution in [3.05, 3.63) is 0 Å². The van der Waals surface area contributed by atoms with Crippen molar-refractivity contribution in [2.75, 3.05) is 0 Å². The molecule has 5 nitrogen and oxygen atoms in total. The number of aliphatic carboxylic acids is 1. The molecule has 0 radical (unpaired) electrons. The Kier molecular flexibility index (Phi) is 6.03. The molecule has 0 aliphatic rings. The van der Waals surface area contributed by atoms with Crippen LogP contribution in [0.5, 0.6) is 0 Å². The summed E-state index contributed by atoms with van der Waals surface area (Å²) in [5.74, 6) is -1.22. The third-order valence-electron chi connectivity index (χ3n) is 2.34. The highest BCUT2D eigenvalue weighted by atomic mass is 16.4. The maximum atomic E-state index is 11.6. The van der Waals surface area contributed by atoms with Gasteiger partial charge in [0.2, 0.25) is 5.91 Å². The van der Waals surface area contributed by atoms with Crippen molar-refractivity contribution in [3.63, 3.8) is 0 Å². The van der Waals surface area contributed by atoms with Crippen LogP contribution in [0.1, 0.15) is 34.1 Å². The van der Waals surface area contributed by atoms with Crippen molar-refractivity contribution in [1.29, 1.82) is 0 Å². The van der Waals surface area contributed by atoms with E-state index < -0.39 is 24.0 Å². The normalized spacial score (nSPS) is 14.9. The second-order valence-electron chi connectivity index (χ2n) is 4.80. The molecule has 0 saturated heterocycles. The van der Waals surface area contributed by atoms with Crippen molar-refractivity contribution in [2.24, 2.45) is 17.6 Å². The van der Waals surface area contributed by atoms with Crippen LogP contribution in [0.2, 0.25) is 0 Å². The zero-order valence-corrected chi connectivity index (χ0v) is 10.4. The van der Waals surface area contributed by atoms with Crippen molar-refractivity contribution in [3.8, 4) is 0 Å². The van der Waals surface area contributed by atoms with Gasteiger partial charge in [0.1, 0.15) is 6.04 Å². The van der Waals surface area contributed by atoms with Crippen molar-refractivity contribution < 1.29 is 14.7 Å². The summed E-state index contributed by atoms with van der Waals surface area (Å²) in [6.45, 7) is 7.46.